The third-order valence-corrected chi connectivity index (χ3v) is 3.01. The van der Waals surface area contributed by atoms with E-state index in [9.17, 15) is 0 Å². The molecule has 1 rings (SSSR count). The molecule has 0 radical (unpaired) electrons. The standard InChI is InChI=1S/C9H21N3/c1-5-8-6-11(3)12(4)7-9(8)10-2/h8-10H,5-7H2,1-4H3. The minimum Gasteiger partial charge on any atom is -0.315 e. The van der Waals surface area contributed by atoms with Gasteiger partial charge in [-0.05, 0) is 13.0 Å². The zero-order valence-corrected chi connectivity index (χ0v) is 8.67. The van der Waals surface area contributed by atoms with E-state index in [4.69, 9.17) is 0 Å². The molecule has 0 aromatic heterocycles. The maximum absolute atomic E-state index is 3.39. The van der Waals surface area contributed by atoms with Gasteiger partial charge >= 0.3 is 0 Å². The van der Waals surface area contributed by atoms with E-state index >= 15 is 0 Å². The Balaban J connectivity index is 2.52. The van der Waals surface area contributed by atoms with Crippen LogP contribution < -0.4 is 5.32 Å². The predicted octanol–water partition coefficient (Wildman–Crippen LogP) is 0.393. The summed E-state index contributed by atoms with van der Waals surface area (Å²) in [7, 11) is 6.37. The predicted molar refractivity (Wildman–Crippen MR) is 51.9 cm³/mol. The van der Waals surface area contributed by atoms with E-state index in [1.165, 1.54) is 13.0 Å². The molecule has 1 saturated heterocycles. The lowest BCUT2D eigenvalue weighted by atomic mass is 9.95. The summed E-state index contributed by atoms with van der Waals surface area (Å²) in [6.45, 7) is 4.58. The Labute approximate surface area is 75.7 Å². The Morgan fingerprint density at radius 3 is 2.33 bits per heavy atom. The fourth-order valence-electron chi connectivity index (χ4n) is 1.92. The van der Waals surface area contributed by atoms with Crippen LogP contribution in [0.4, 0.5) is 0 Å². The smallest absolute Gasteiger partial charge is 0.0287 e. The van der Waals surface area contributed by atoms with Gasteiger partial charge in [-0.3, -0.25) is 0 Å². The van der Waals surface area contributed by atoms with Crippen LogP contribution >= 0.6 is 0 Å². The maximum atomic E-state index is 3.39. The van der Waals surface area contributed by atoms with Gasteiger partial charge in [0.15, 0.2) is 0 Å². The van der Waals surface area contributed by atoms with Crippen LogP contribution in [0.5, 0.6) is 0 Å². The normalized spacial score (nSPS) is 34.0. The molecule has 0 bridgehead atoms. The van der Waals surface area contributed by atoms with E-state index in [1.807, 2.05) is 0 Å². The van der Waals surface area contributed by atoms with Crippen molar-refractivity contribution in [2.24, 2.45) is 5.92 Å². The Kier molecular flexibility index (Phi) is 3.50. The number of nitrogens with zero attached hydrogens (tertiary/aromatic N) is 2. The van der Waals surface area contributed by atoms with Gasteiger partial charge in [-0.15, -0.1) is 0 Å². The minimum atomic E-state index is 0.663. The van der Waals surface area contributed by atoms with Crippen LogP contribution in [0.25, 0.3) is 0 Å². The fraction of sp³-hybridized carbons (Fsp3) is 1.00. The highest BCUT2D eigenvalue weighted by molar-refractivity contribution is 4.82. The van der Waals surface area contributed by atoms with Gasteiger partial charge in [0.25, 0.3) is 0 Å². The van der Waals surface area contributed by atoms with Gasteiger partial charge in [0.1, 0.15) is 0 Å². The summed E-state index contributed by atoms with van der Waals surface area (Å²) in [5.74, 6) is 0.802. The highest BCUT2D eigenvalue weighted by Crippen LogP contribution is 2.17. The molecule has 2 unspecified atom stereocenters. The lowest BCUT2D eigenvalue weighted by Crippen LogP contribution is -2.56. The molecule has 12 heavy (non-hydrogen) atoms. The van der Waals surface area contributed by atoms with Crippen LogP contribution in [-0.2, 0) is 0 Å². The summed E-state index contributed by atoms with van der Waals surface area (Å²) in [6, 6.07) is 0.663. The lowest BCUT2D eigenvalue weighted by Gasteiger charge is -2.42. The van der Waals surface area contributed by atoms with Crippen molar-refractivity contribution in [1.82, 2.24) is 15.3 Å². The summed E-state index contributed by atoms with van der Waals surface area (Å²) in [6.07, 6.45) is 1.27. The van der Waals surface area contributed by atoms with Crippen LogP contribution in [0, 0.1) is 5.92 Å². The Bertz CT molecular complexity index is 122. The third kappa shape index (κ3) is 1.97. The van der Waals surface area contributed by atoms with Crippen LogP contribution in [0.3, 0.4) is 0 Å². The number of hydrazine groups is 1. The molecule has 1 aliphatic heterocycles. The van der Waals surface area contributed by atoms with Crippen molar-refractivity contribution in [1.29, 1.82) is 0 Å². The summed E-state index contributed by atoms with van der Waals surface area (Å²) in [5, 5.41) is 7.98. The fourth-order valence-corrected chi connectivity index (χ4v) is 1.92. The highest BCUT2D eigenvalue weighted by atomic mass is 15.6. The molecule has 3 nitrogen and oxygen atoms in total. The van der Waals surface area contributed by atoms with Gasteiger partial charge in [-0.2, -0.15) is 0 Å². The van der Waals surface area contributed by atoms with Gasteiger partial charge in [0, 0.05) is 33.2 Å². The average molecular weight is 171 g/mol. The second-order valence-corrected chi connectivity index (χ2v) is 3.74. The number of likely N-dealkylation sites (N-methyl/N-ethyl adjacent to an activating group) is 2. The van der Waals surface area contributed by atoms with Crippen LogP contribution in [0.15, 0.2) is 0 Å². The molecule has 0 saturated carbocycles. The quantitative estimate of drug-likeness (QED) is 0.648. The molecule has 0 aromatic carbocycles. The first-order chi connectivity index (χ1) is 5.69. The Morgan fingerprint density at radius 1 is 1.25 bits per heavy atom. The van der Waals surface area contributed by atoms with Crippen molar-refractivity contribution in [3.05, 3.63) is 0 Å². The largest absolute Gasteiger partial charge is 0.315 e. The lowest BCUT2D eigenvalue weighted by molar-refractivity contribution is -0.0426. The molecule has 3 heteroatoms. The second-order valence-electron chi connectivity index (χ2n) is 3.74. The van der Waals surface area contributed by atoms with Crippen molar-refractivity contribution < 1.29 is 0 Å². The number of nitrogens with one attached hydrogen (secondary N) is 1. The monoisotopic (exact) mass is 171 g/mol. The molecule has 1 heterocycles. The van der Waals surface area contributed by atoms with Crippen molar-refractivity contribution in [2.45, 2.75) is 19.4 Å². The van der Waals surface area contributed by atoms with Crippen molar-refractivity contribution in [3.8, 4) is 0 Å². The van der Waals surface area contributed by atoms with E-state index in [0.717, 1.165) is 12.5 Å². The molecule has 1 aliphatic rings. The van der Waals surface area contributed by atoms with Gasteiger partial charge in [0.05, 0.1) is 0 Å². The third-order valence-electron chi connectivity index (χ3n) is 3.01. The van der Waals surface area contributed by atoms with E-state index in [2.05, 4.69) is 43.4 Å². The number of hydrogen-bond acceptors (Lipinski definition) is 3. The van der Waals surface area contributed by atoms with E-state index < -0.39 is 0 Å². The average Bonchev–Trinajstić information content (AvgIpc) is 2.09. The molecular formula is C9H21N3. The topological polar surface area (TPSA) is 18.5 Å². The minimum absolute atomic E-state index is 0.663. The molecule has 0 aromatic rings. The number of rotatable bonds is 2. The van der Waals surface area contributed by atoms with Crippen LogP contribution in [0.1, 0.15) is 13.3 Å². The zero-order chi connectivity index (χ0) is 9.14. The zero-order valence-electron chi connectivity index (χ0n) is 8.67. The van der Waals surface area contributed by atoms with Gasteiger partial charge in [-0.1, -0.05) is 13.3 Å². The molecule has 72 valence electrons. The van der Waals surface area contributed by atoms with Gasteiger partial charge in [0.2, 0.25) is 0 Å². The second kappa shape index (κ2) is 4.21. The molecule has 0 aliphatic carbocycles. The SMILES string of the molecule is CCC1CN(C)N(C)CC1NC. The highest BCUT2D eigenvalue weighted by Gasteiger charge is 2.27. The molecule has 1 fully saturated rings. The van der Waals surface area contributed by atoms with Crippen molar-refractivity contribution >= 4 is 0 Å². The molecule has 0 spiro atoms. The first-order valence-corrected chi connectivity index (χ1v) is 4.78. The van der Waals surface area contributed by atoms with Gasteiger partial charge in [-0.25, -0.2) is 10.0 Å². The molecule has 1 N–H and O–H groups in total. The van der Waals surface area contributed by atoms with Crippen molar-refractivity contribution in [2.75, 3.05) is 34.2 Å². The maximum Gasteiger partial charge on any atom is 0.0287 e. The molecule has 0 amide bonds. The summed E-state index contributed by atoms with van der Waals surface area (Å²) in [5.41, 5.74) is 0. The number of hydrogen-bond donors (Lipinski definition) is 1. The summed E-state index contributed by atoms with van der Waals surface area (Å²) < 4.78 is 0. The summed E-state index contributed by atoms with van der Waals surface area (Å²) in [4.78, 5) is 0. The first kappa shape index (κ1) is 9.96. The van der Waals surface area contributed by atoms with Gasteiger partial charge < -0.3 is 5.32 Å². The van der Waals surface area contributed by atoms with E-state index in [1.54, 1.807) is 0 Å². The van der Waals surface area contributed by atoms with Crippen LogP contribution in [0.2, 0.25) is 0 Å². The molecular weight excluding hydrogens is 150 g/mol. The van der Waals surface area contributed by atoms with E-state index in [-0.39, 0.29) is 0 Å². The van der Waals surface area contributed by atoms with Crippen LogP contribution in [-0.4, -0.2) is 50.3 Å². The molecule has 2 atom stereocenters. The Morgan fingerprint density at radius 2 is 1.83 bits per heavy atom. The Hall–Kier alpha value is -0.120. The van der Waals surface area contributed by atoms with Crippen molar-refractivity contribution in [3.63, 3.8) is 0 Å². The first-order valence-electron chi connectivity index (χ1n) is 4.78. The van der Waals surface area contributed by atoms with E-state index in [0.29, 0.717) is 6.04 Å². The summed E-state index contributed by atoms with van der Waals surface area (Å²) >= 11 is 0.